The number of benzene rings is 1. The van der Waals surface area contributed by atoms with Crippen molar-refractivity contribution < 1.29 is 5.11 Å². The van der Waals surface area contributed by atoms with E-state index >= 15 is 0 Å². The van der Waals surface area contributed by atoms with Gasteiger partial charge in [0.05, 0.1) is 0 Å². The van der Waals surface area contributed by atoms with Crippen LogP contribution in [0.5, 0.6) is 0 Å². The standard InChI is InChI=1S/C15H19NO/c17-12-6-9-14-7-2-3-8-15(14)13-16-10-4-1-5-11-16/h2-3,7-8,17H,1,4-5,10-13H2. The monoisotopic (exact) mass is 229 g/mol. The van der Waals surface area contributed by atoms with E-state index in [4.69, 9.17) is 5.11 Å². The third-order valence-corrected chi connectivity index (χ3v) is 3.16. The first-order chi connectivity index (χ1) is 8.40. The molecule has 0 aromatic heterocycles. The molecule has 0 radical (unpaired) electrons. The molecular formula is C15H19NO. The maximum absolute atomic E-state index is 8.76. The highest BCUT2D eigenvalue weighted by molar-refractivity contribution is 5.41. The molecule has 0 bridgehead atoms. The van der Waals surface area contributed by atoms with E-state index in [2.05, 4.69) is 28.9 Å². The van der Waals surface area contributed by atoms with Crippen LogP contribution < -0.4 is 0 Å². The summed E-state index contributed by atoms with van der Waals surface area (Å²) in [6.45, 7) is 3.30. The van der Waals surface area contributed by atoms with Crippen molar-refractivity contribution in [2.24, 2.45) is 0 Å². The van der Waals surface area contributed by atoms with Crippen LogP contribution in [0.15, 0.2) is 24.3 Å². The van der Waals surface area contributed by atoms with Gasteiger partial charge in [0, 0.05) is 12.1 Å². The molecule has 1 aromatic carbocycles. The minimum atomic E-state index is -0.0714. The molecule has 0 unspecified atom stereocenters. The minimum absolute atomic E-state index is 0.0714. The van der Waals surface area contributed by atoms with Crippen LogP contribution in [-0.4, -0.2) is 29.7 Å². The van der Waals surface area contributed by atoms with Crippen LogP contribution in [0.25, 0.3) is 0 Å². The fourth-order valence-corrected chi connectivity index (χ4v) is 2.27. The van der Waals surface area contributed by atoms with E-state index < -0.39 is 0 Å². The van der Waals surface area contributed by atoms with E-state index in [1.54, 1.807) is 0 Å². The number of hydrogen-bond acceptors (Lipinski definition) is 2. The van der Waals surface area contributed by atoms with Crippen LogP contribution in [0.1, 0.15) is 30.4 Å². The Morgan fingerprint density at radius 3 is 2.65 bits per heavy atom. The van der Waals surface area contributed by atoms with E-state index in [0.29, 0.717) is 0 Å². The quantitative estimate of drug-likeness (QED) is 0.784. The summed E-state index contributed by atoms with van der Waals surface area (Å²) in [5.74, 6) is 5.76. The van der Waals surface area contributed by atoms with Crippen molar-refractivity contribution in [3.63, 3.8) is 0 Å². The summed E-state index contributed by atoms with van der Waals surface area (Å²) in [6.07, 6.45) is 3.98. The predicted octanol–water partition coefficient (Wildman–Crippen LogP) is 2.02. The van der Waals surface area contributed by atoms with Gasteiger partial charge in [-0.1, -0.05) is 36.5 Å². The molecule has 0 saturated carbocycles. The zero-order valence-electron chi connectivity index (χ0n) is 10.2. The molecule has 0 aliphatic carbocycles. The van der Waals surface area contributed by atoms with Crippen LogP contribution in [0.3, 0.4) is 0 Å². The van der Waals surface area contributed by atoms with Crippen molar-refractivity contribution in [2.75, 3.05) is 19.7 Å². The molecule has 1 aliphatic rings. The molecule has 0 amide bonds. The Hall–Kier alpha value is -1.30. The molecule has 1 aromatic rings. The van der Waals surface area contributed by atoms with E-state index in [1.165, 1.54) is 37.9 Å². The summed E-state index contributed by atoms with van der Waals surface area (Å²) in [4.78, 5) is 2.49. The fraction of sp³-hybridized carbons (Fsp3) is 0.467. The van der Waals surface area contributed by atoms with Crippen molar-refractivity contribution in [3.05, 3.63) is 35.4 Å². The SMILES string of the molecule is OCC#Cc1ccccc1CN1CCCCC1. The Morgan fingerprint density at radius 2 is 1.88 bits per heavy atom. The summed E-state index contributed by atoms with van der Waals surface area (Å²) in [5, 5.41) is 8.76. The second-order valence-corrected chi connectivity index (χ2v) is 4.45. The molecule has 1 fully saturated rings. The Bertz CT molecular complexity index is 410. The molecule has 1 aliphatic heterocycles. The third kappa shape index (κ3) is 3.59. The van der Waals surface area contributed by atoms with Crippen molar-refractivity contribution in [3.8, 4) is 11.8 Å². The van der Waals surface area contributed by atoms with Crippen molar-refractivity contribution in [1.29, 1.82) is 0 Å². The summed E-state index contributed by atoms with van der Waals surface area (Å²) in [6, 6.07) is 8.22. The normalized spacial score (nSPS) is 16.3. The first kappa shape index (κ1) is 12.2. The maximum atomic E-state index is 8.76. The first-order valence-corrected chi connectivity index (χ1v) is 6.30. The lowest BCUT2D eigenvalue weighted by molar-refractivity contribution is 0.221. The van der Waals surface area contributed by atoms with Gasteiger partial charge in [-0.3, -0.25) is 4.90 Å². The van der Waals surface area contributed by atoms with Crippen LogP contribution in [0, 0.1) is 11.8 Å². The molecule has 2 heteroatoms. The number of aliphatic hydroxyl groups is 1. The fourth-order valence-electron chi connectivity index (χ4n) is 2.27. The highest BCUT2D eigenvalue weighted by Crippen LogP contribution is 2.15. The number of aliphatic hydroxyl groups excluding tert-OH is 1. The third-order valence-electron chi connectivity index (χ3n) is 3.16. The van der Waals surface area contributed by atoms with Gasteiger partial charge < -0.3 is 5.11 Å². The molecule has 2 rings (SSSR count). The minimum Gasteiger partial charge on any atom is -0.384 e. The molecule has 0 spiro atoms. The van der Waals surface area contributed by atoms with E-state index in [1.807, 2.05) is 12.1 Å². The van der Waals surface area contributed by atoms with Gasteiger partial charge >= 0.3 is 0 Å². The second-order valence-electron chi connectivity index (χ2n) is 4.45. The average Bonchev–Trinajstić information content (AvgIpc) is 2.39. The first-order valence-electron chi connectivity index (χ1n) is 6.30. The van der Waals surface area contributed by atoms with Crippen LogP contribution in [-0.2, 0) is 6.54 Å². The Kier molecular flexibility index (Phi) is 4.61. The van der Waals surface area contributed by atoms with E-state index in [0.717, 1.165) is 12.1 Å². The Labute approximate surface area is 103 Å². The second kappa shape index (κ2) is 6.44. The smallest absolute Gasteiger partial charge is 0.104 e. The van der Waals surface area contributed by atoms with Gasteiger partial charge in [0.1, 0.15) is 6.61 Å². The molecule has 1 heterocycles. The molecule has 1 saturated heterocycles. The topological polar surface area (TPSA) is 23.5 Å². The molecule has 2 nitrogen and oxygen atoms in total. The summed E-state index contributed by atoms with van der Waals surface area (Å²) in [7, 11) is 0. The van der Waals surface area contributed by atoms with Gasteiger partial charge in [-0.25, -0.2) is 0 Å². The molecule has 17 heavy (non-hydrogen) atoms. The number of nitrogens with zero attached hydrogens (tertiary/aromatic N) is 1. The highest BCUT2D eigenvalue weighted by atomic mass is 16.2. The Balaban J connectivity index is 2.08. The lowest BCUT2D eigenvalue weighted by Gasteiger charge is -2.26. The van der Waals surface area contributed by atoms with E-state index in [9.17, 15) is 0 Å². The predicted molar refractivity (Wildman–Crippen MR) is 69.5 cm³/mol. The lowest BCUT2D eigenvalue weighted by Crippen LogP contribution is -2.29. The van der Waals surface area contributed by atoms with Gasteiger partial charge in [0.2, 0.25) is 0 Å². The van der Waals surface area contributed by atoms with Crippen molar-refractivity contribution in [2.45, 2.75) is 25.8 Å². The molecular weight excluding hydrogens is 210 g/mol. The van der Waals surface area contributed by atoms with Gasteiger partial charge in [0.15, 0.2) is 0 Å². The zero-order valence-corrected chi connectivity index (χ0v) is 10.2. The summed E-state index contributed by atoms with van der Waals surface area (Å²) < 4.78 is 0. The van der Waals surface area contributed by atoms with Gasteiger partial charge in [0.25, 0.3) is 0 Å². The number of hydrogen-bond donors (Lipinski definition) is 1. The van der Waals surface area contributed by atoms with E-state index in [-0.39, 0.29) is 6.61 Å². The summed E-state index contributed by atoms with van der Waals surface area (Å²) >= 11 is 0. The Morgan fingerprint density at radius 1 is 1.12 bits per heavy atom. The highest BCUT2D eigenvalue weighted by Gasteiger charge is 2.11. The van der Waals surface area contributed by atoms with Crippen LogP contribution in [0.4, 0.5) is 0 Å². The number of rotatable bonds is 2. The van der Waals surface area contributed by atoms with Crippen molar-refractivity contribution >= 4 is 0 Å². The maximum Gasteiger partial charge on any atom is 0.104 e. The number of piperidine rings is 1. The van der Waals surface area contributed by atoms with Gasteiger partial charge in [-0.05, 0) is 37.6 Å². The van der Waals surface area contributed by atoms with Gasteiger partial charge in [-0.2, -0.15) is 0 Å². The van der Waals surface area contributed by atoms with Crippen molar-refractivity contribution in [1.82, 2.24) is 4.90 Å². The molecule has 90 valence electrons. The molecule has 0 atom stereocenters. The molecule has 1 N–H and O–H groups in total. The lowest BCUT2D eigenvalue weighted by atomic mass is 10.1. The summed E-state index contributed by atoms with van der Waals surface area (Å²) in [5.41, 5.74) is 2.32. The zero-order chi connectivity index (χ0) is 11.9. The number of likely N-dealkylation sites (tertiary alicyclic amines) is 1. The largest absolute Gasteiger partial charge is 0.384 e. The van der Waals surface area contributed by atoms with Crippen LogP contribution >= 0.6 is 0 Å². The van der Waals surface area contributed by atoms with Crippen LogP contribution in [0.2, 0.25) is 0 Å². The van der Waals surface area contributed by atoms with Gasteiger partial charge in [-0.15, -0.1) is 0 Å². The average molecular weight is 229 g/mol.